The molecule has 0 amide bonds. The van der Waals surface area contributed by atoms with Crippen molar-refractivity contribution in [2.45, 2.75) is 243 Å². The molecular weight excluding hydrogens is 1840 g/mol. The average molecular weight is 1980 g/mol. The molecule has 750 valence electrons. The molecule has 0 bridgehead atoms. The van der Waals surface area contributed by atoms with Gasteiger partial charge in [0.05, 0.1) is 28.9 Å². The zero-order valence-electron chi connectivity index (χ0n) is 87.3. The van der Waals surface area contributed by atoms with E-state index >= 15 is 0 Å². The van der Waals surface area contributed by atoms with Gasteiger partial charge in [0, 0.05) is 100 Å². The van der Waals surface area contributed by atoms with Gasteiger partial charge < -0.3 is 34.0 Å². The molecule has 1 saturated heterocycles. The second kappa shape index (κ2) is 53.3. The van der Waals surface area contributed by atoms with Crippen LogP contribution in [0.2, 0.25) is 0 Å². The van der Waals surface area contributed by atoms with Crippen molar-refractivity contribution in [2.75, 3.05) is 21.3 Å². The van der Waals surface area contributed by atoms with E-state index in [1.54, 1.807) is 23.5 Å². The van der Waals surface area contributed by atoms with Crippen LogP contribution in [-0.4, -0.2) is 46.4 Å². The van der Waals surface area contributed by atoms with Crippen molar-refractivity contribution in [2.24, 2.45) is 16.2 Å². The van der Waals surface area contributed by atoms with E-state index in [1.807, 2.05) is 92.3 Å². The van der Waals surface area contributed by atoms with Crippen LogP contribution in [0.4, 0.5) is 17.1 Å². The van der Waals surface area contributed by atoms with Crippen LogP contribution in [-0.2, 0) is 80.7 Å². The minimum atomic E-state index is -0.885. The Morgan fingerprint density at radius 1 is 0.359 bits per heavy atom. The first kappa shape index (κ1) is 109. The number of carboxylic acids is 1. The summed E-state index contributed by atoms with van der Waals surface area (Å²) >= 11 is 4.77. The maximum absolute atomic E-state index is 14.8. The lowest BCUT2D eigenvalue weighted by molar-refractivity contribution is -0.159. The van der Waals surface area contributed by atoms with Crippen LogP contribution < -0.4 is 14.7 Å². The molecule has 1 fully saturated rings. The van der Waals surface area contributed by atoms with Gasteiger partial charge in [0.15, 0.2) is 0 Å². The predicted octanol–water partition coefficient (Wildman–Crippen LogP) is 34.2. The topological polar surface area (TPSA) is 112 Å². The van der Waals surface area contributed by atoms with Crippen LogP contribution in [0, 0.1) is 16.2 Å². The van der Waals surface area contributed by atoms with Crippen LogP contribution in [0.1, 0.15) is 221 Å². The lowest BCUT2D eigenvalue weighted by Crippen LogP contribution is -2.42. The number of cyclic esters (lactones) is 1. The fourth-order valence-electron chi connectivity index (χ4n) is 19.4. The highest BCUT2D eigenvalue weighted by Gasteiger charge is 2.47. The quantitative estimate of drug-likeness (QED) is 0.0171. The van der Waals surface area contributed by atoms with Crippen LogP contribution >= 0.6 is 35.3 Å². The van der Waals surface area contributed by atoms with Gasteiger partial charge in [0.25, 0.3) is 0 Å². The Balaban J connectivity index is 0.000000172. The van der Waals surface area contributed by atoms with E-state index in [4.69, 9.17) is 14.2 Å². The van der Waals surface area contributed by atoms with Crippen molar-refractivity contribution in [1.29, 1.82) is 0 Å². The van der Waals surface area contributed by atoms with E-state index in [0.717, 1.165) is 137 Å². The molecule has 5 atom stereocenters. The van der Waals surface area contributed by atoms with Crippen LogP contribution in [0.3, 0.4) is 0 Å². The summed E-state index contributed by atoms with van der Waals surface area (Å²) in [6.07, 6.45) is 8.96. The number of hydrogen-bond donors (Lipinski definition) is 1. The first-order valence-electron chi connectivity index (χ1n) is 51.4. The van der Waals surface area contributed by atoms with Gasteiger partial charge in [-0.25, -0.2) is 14.4 Å². The van der Waals surface area contributed by atoms with E-state index in [-0.39, 0.29) is 51.5 Å². The van der Waals surface area contributed by atoms with Gasteiger partial charge in [0.2, 0.25) is 0 Å². The van der Waals surface area contributed by atoms with Gasteiger partial charge in [-0.15, -0.1) is 0 Å². The standard InChI is InChI=1S/C47H51NO2S.C38H43NO2S.C34H35NO2S.C13H18O/c1-5-30-47(31-29-36-19-10-6-11-20-36)33-42(51-41-27-16-9-17-28-41)43(45(49)50-47)44(46(2,3)4)39-25-18-26-40(32-39)48(34-37-21-12-7-13-22-37)35-38-23-14-8-15-24-38;1-37(2,3)35(34(36(40)41-38(4,5)6)28-42-33-23-14-9-15-24-33)31-21-16-22-32(25-31)39(26-29-17-10-7-11-18-29)27-30-19-12-8-13-20-30;1-34(2,3)32(31(33(36)37)25-38-30-20-11-6-12-21-30)28-18-13-19-29(22-28)35(23-26-14-7-4-8-15-26)24-27-16-9-5-10-17-27;1-2-9-13(11-14-13)10-8-12-6-4-3-5-7-12/h6-28,32,44H,5,29-31,33-35H2,1-4H3;7-25,28,35H,26-27H2,1-6H3;4-22,25,32H,23-24H2,1-3H3,(H,36,37);3-7H,2,8-11H2,1H3/t44-,47+;35-;32-;13-/m0001/s1. The molecule has 2 heterocycles. The van der Waals surface area contributed by atoms with Crippen LogP contribution in [0.25, 0.3) is 0 Å². The number of benzene rings is 14. The Morgan fingerprint density at radius 2 is 0.648 bits per heavy atom. The fraction of sp³-hybridized carbons (Fsp3) is 0.295. The Kier molecular flexibility index (Phi) is 40.2. The average Bonchev–Trinajstić information content (AvgIpc) is 1.11. The lowest BCUT2D eigenvalue weighted by Gasteiger charge is -2.43. The number of carbonyl (C=O) groups is 3. The first-order chi connectivity index (χ1) is 69.9. The number of hydrogen-bond acceptors (Lipinski definition) is 12. The van der Waals surface area contributed by atoms with Gasteiger partial charge in [-0.1, -0.05) is 458 Å². The van der Waals surface area contributed by atoms with Crippen molar-refractivity contribution in [3.8, 4) is 0 Å². The zero-order chi connectivity index (χ0) is 103. The molecule has 145 heavy (non-hydrogen) atoms. The summed E-state index contributed by atoms with van der Waals surface area (Å²) in [6, 6.07) is 141. The maximum Gasteiger partial charge on any atom is 0.336 e. The van der Waals surface area contributed by atoms with Gasteiger partial charge in [-0.2, -0.15) is 0 Å². The SMILES string of the molecule is CC(C)(C)OC(=O)C(=CSc1ccccc1)[C@H](c1cccc(N(Cc2ccccc2)Cc2ccccc2)c1)C(C)(C)C.CC(C)(C)[C@H](C(=CSc1ccccc1)C(=O)O)c1cccc(N(Cc2ccccc2)Cc2ccccc2)c1.CCC[C@@]1(CCc2ccccc2)CC(Sc2ccccc2)=C([C@H](c2cccc(N(Cc3ccccc3)Cc3ccccc3)c2)C(C)(C)C)C(=O)O1.CCC[C@@]1(CCc2ccccc2)CO1. The number of anilines is 3. The number of carbonyl (C=O) groups excluding carboxylic acids is 2. The van der Waals surface area contributed by atoms with Crippen molar-refractivity contribution in [3.63, 3.8) is 0 Å². The Labute approximate surface area is 878 Å². The summed E-state index contributed by atoms with van der Waals surface area (Å²) < 4.78 is 18.3. The van der Waals surface area contributed by atoms with Crippen molar-refractivity contribution >= 4 is 70.3 Å². The highest BCUT2D eigenvalue weighted by Crippen LogP contribution is 2.53. The molecule has 14 aromatic carbocycles. The third-order valence-electron chi connectivity index (χ3n) is 26.2. The molecule has 0 spiro atoms. The number of aliphatic carboxylic acids is 1. The summed E-state index contributed by atoms with van der Waals surface area (Å²) in [7, 11) is 0. The Morgan fingerprint density at radius 3 is 0.959 bits per heavy atom. The molecule has 10 nitrogen and oxygen atoms in total. The summed E-state index contributed by atoms with van der Waals surface area (Å²) in [6.45, 7) is 35.5. The molecule has 1 N–H and O–H groups in total. The minimum absolute atomic E-state index is 0.166. The highest BCUT2D eigenvalue weighted by atomic mass is 32.2. The maximum atomic E-state index is 14.8. The van der Waals surface area contributed by atoms with E-state index < -0.39 is 17.2 Å². The molecule has 0 aliphatic carbocycles. The first-order valence-corrected chi connectivity index (χ1v) is 54.0. The molecule has 14 aromatic rings. The Hall–Kier alpha value is -12.9. The molecular formula is C132H147N3O7S3. The monoisotopic (exact) mass is 1980 g/mol. The molecule has 2 aliphatic rings. The third-order valence-corrected chi connectivity index (χ3v) is 29.2. The summed E-state index contributed by atoms with van der Waals surface area (Å²) in [4.78, 5) is 52.8. The van der Waals surface area contributed by atoms with Crippen LogP contribution in [0.15, 0.2) is 454 Å². The molecule has 0 unspecified atom stereocenters. The lowest BCUT2D eigenvalue weighted by atomic mass is 9.70. The van der Waals surface area contributed by atoms with Crippen LogP contribution in [0.5, 0.6) is 0 Å². The van der Waals surface area contributed by atoms with Crippen molar-refractivity contribution < 1.29 is 33.7 Å². The van der Waals surface area contributed by atoms with Gasteiger partial charge >= 0.3 is 17.9 Å². The third kappa shape index (κ3) is 34.1. The molecule has 0 aromatic heterocycles. The molecule has 13 heteroatoms. The molecule has 2 aliphatic heterocycles. The normalized spacial score (nSPS) is 15.4. The van der Waals surface area contributed by atoms with Crippen molar-refractivity contribution in [3.05, 3.63) is 500 Å². The number of aryl methyl sites for hydroxylation is 2. The second-order valence-corrected chi connectivity index (χ2v) is 45.5. The van der Waals surface area contributed by atoms with Gasteiger partial charge in [-0.05, 0) is 220 Å². The molecule has 0 radical (unpaired) electrons. The number of thioether (sulfide) groups is 3. The molecule has 16 rings (SSSR count). The van der Waals surface area contributed by atoms with E-state index in [9.17, 15) is 19.5 Å². The van der Waals surface area contributed by atoms with Crippen molar-refractivity contribution in [1.82, 2.24) is 0 Å². The Bertz CT molecular complexity index is 6280. The van der Waals surface area contributed by atoms with Gasteiger partial charge in [0.1, 0.15) is 11.2 Å². The number of carboxylic acid groups (broad SMARTS) is 1. The number of rotatable bonds is 39. The predicted molar refractivity (Wildman–Crippen MR) is 609 cm³/mol. The van der Waals surface area contributed by atoms with E-state index in [1.165, 1.54) is 75.5 Å². The van der Waals surface area contributed by atoms with E-state index in [2.05, 4.69) is 437 Å². The minimum Gasteiger partial charge on any atom is -0.478 e. The smallest absolute Gasteiger partial charge is 0.336 e. The molecule has 0 saturated carbocycles. The summed E-state index contributed by atoms with van der Waals surface area (Å²) in [5.74, 6) is -1.96. The fourth-order valence-corrected chi connectivity index (χ4v) is 22.2. The summed E-state index contributed by atoms with van der Waals surface area (Å²) in [5, 5.41) is 14.1. The van der Waals surface area contributed by atoms with Gasteiger partial charge in [-0.3, -0.25) is 0 Å². The van der Waals surface area contributed by atoms with E-state index in [0.29, 0.717) is 17.6 Å². The number of ether oxygens (including phenoxy) is 3. The number of nitrogens with zero attached hydrogens (tertiary/aromatic N) is 3. The second-order valence-electron chi connectivity index (χ2n) is 42.4. The largest absolute Gasteiger partial charge is 0.478 e. The summed E-state index contributed by atoms with van der Waals surface area (Å²) in [5.41, 5.74) is 16.9. The number of epoxide rings is 1. The highest BCUT2D eigenvalue weighted by molar-refractivity contribution is 8.03. The zero-order valence-corrected chi connectivity index (χ0v) is 89.8. The number of esters is 2.